The highest BCUT2D eigenvalue weighted by Crippen LogP contribution is 2.21. The Morgan fingerprint density at radius 2 is 1.69 bits per heavy atom. The fourth-order valence-corrected chi connectivity index (χ4v) is 1.43. The minimum absolute atomic E-state index is 0.0544. The van der Waals surface area contributed by atoms with Crippen LogP contribution in [0.3, 0.4) is 0 Å². The number of hydrogen-bond acceptors (Lipinski definition) is 2. The van der Waals surface area contributed by atoms with E-state index in [2.05, 4.69) is 0 Å². The van der Waals surface area contributed by atoms with E-state index in [0.29, 0.717) is 19.3 Å². The first-order chi connectivity index (χ1) is 7.56. The molecule has 1 aromatic carbocycles. The molecule has 0 bridgehead atoms. The molecule has 2 nitrogen and oxygen atoms in total. The first kappa shape index (κ1) is 13.0. The van der Waals surface area contributed by atoms with Crippen LogP contribution < -0.4 is 5.73 Å². The van der Waals surface area contributed by atoms with Gasteiger partial charge in [-0.1, -0.05) is 0 Å². The second kappa shape index (κ2) is 5.86. The quantitative estimate of drug-likeness (QED) is 0.605. The van der Waals surface area contributed by atoms with Crippen LogP contribution in [0.25, 0.3) is 0 Å². The first-order valence-electron chi connectivity index (χ1n) is 5.07. The number of aliphatic hydroxyl groups is 1. The molecular formula is C11H14F3NO. The van der Waals surface area contributed by atoms with Crippen LogP contribution in [0.1, 0.15) is 30.9 Å². The zero-order valence-corrected chi connectivity index (χ0v) is 8.72. The molecule has 0 aliphatic carbocycles. The van der Waals surface area contributed by atoms with E-state index in [9.17, 15) is 13.2 Å². The van der Waals surface area contributed by atoms with E-state index in [-0.39, 0.29) is 12.2 Å². The summed E-state index contributed by atoms with van der Waals surface area (Å²) in [6.45, 7) is 0.0544. The number of benzene rings is 1. The second-order valence-corrected chi connectivity index (χ2v) is 3.62. The molecule has 3 N–H and O–H groups in total. The Morgan fingerprint density at radius 1 is 1.12 bits per heavy atom. The Balaban J connectivity index is 2.72. The predicted octanol–water partition coefficient (Wildman–Crippen LogP) is 2.27. The lowest BCUT2D eigenvalue weighted by atomic mass is 10.0. The molecule has 0 fully saturated rings. The lowest BCUT2D eigenvalue weighted by Crippen LogP contribution is -2.11. The van der Waals surface area contributed by atoms with Crippen LogP contribution in [-0.4, -0.2) is 11.7 Å². The predicted molar refractivity (Wildman–Crippen MR) is 54.2 cm³/mol. The summed E-state index contributed by atoms with van der Waals surface area (Å²) in [6.07, 6.45) is 1.73. The molecule has 0 amide bonds. The van der Waals surface area contributed by atoms with Crippen LogP contribution in [0.15, 0.2) is 12.1 Å². The zero-order valence-electron chi connectivity index (χ0n) is 8.72. The number of unbranched alkanes of at least 4 members (excludes halogenated alkanes) is 1. The van der Waals surface area contributed by atoms with Gasteiger partial charge in [-0.05, 0) is 37.0 Å². The monoisotopic (exact) mass is 233 g/mol. The van der Waals surface area contributed by atoms with Crippen molar-refractivity contribution in [2.45, 2.75) is 25.3 Å². The number of aliphatic hydroxyl groups excluding tert-OH is 1. The van der Waals surface area contributed by atoms with Gasteiger partial charge in [0.05, 0.1) is 0 Å². The molecule has 0 aliphatic rings. The molecule has 1 aromatic rings. The molecule has 0 radical (unpaired) electrons. The molecule has 0 saturated heterocycles. The second-order valence-electron chi connectivity index (χ2n) is 3.62. The molecule has 5 heteroatoms. The van der Waals surface area contributed by atoms with Crippen LogP contribution in [0.4, 0.5) is 13.2 Å². The van der Waals surface area contributed by atoms with Crippen molar-refractivity contribution in [3.05, 3.63) is 35.1 Å². The summed E-state index contributed by atoms with van der Waals surface area (Å²) in [7, 11) is 0. The number of halogens is 3. The van der Waals surface area contributed by atoms with Crippen molar-refractivity contribution in [3.63, 3.8) is 0 Å². The van der Waals surface area contributed by atoms with Gasteiger partial charge in [-0.25, -0.2) is 13.2 Å². The fraction of sp³-hybridized carbons (Fsp3) is 0.455. The minimum atomic E-state index is -1.48. The summed E-state index contributed by atoms with van der Waals surface area (Å²) in [5.41, 5.74) is 5.92. The highest BCUT2D eigenvalue weighted by atomic mass is 19.2. The molecule has 0 aliphatic heterocycles. The van der Waals surface area contributed by atoms with E-state index in [1.54, 1.807) is 0 Å². The van der Waals surface area contributed by atoms with Crippen LogP contribution in [-0.2, 0) is 0 Å². The summed E-state index contributed by atoms with van der Waals surface area (Å²) in [5.74, 6) is -3.94. The van der Waals surface area contributed by atoms with E-state index in [4.69, 9.17) is 10.8 Å². The highest BCUT2D eigenvalue weighted by Gasteiger charge is 2.14. The number of hydrogen-bond donors (Lipinski definition) is 2. The van der Waals surface area contributed by atoms with E-state index in [0.717, 1.165) is 12.1 Å². The highest BCUT2D eigenvalue weighted by molar-refractivity contribution is 5.22. The molecule has 0 saturated carbocycles. The van der Waals surface area contributed by atoms with Crippen molar-refractivity contribution in [2.75, 3.05) is 6.61 Å². The Bertz CT molecular complexity index is 334. The van der Waals surface area contributed by atoms with Crippen molar-refractivity contribution >= 4 is 0 Å². The summed E-state index contributed by atoms with van der Waals surface area (Å²) < 4.78 is 38.4. The molecule has 0 unspecified atom stereocenters. The lowest BCUT2D eigenvalue weighted by molar-refractivity contribution is 0.281. The van der Waals surface area contributed by atoms with Gasteiger partial charge < -0.3 is 10.8 Å². The Labute approximate surface area is 91.9 Å². The van der Waals surface area contributed by atoms with E-state index < -0.39 is 23.5 Å². The molecule has 16 heavy (non-hydrogen) atoms. The van der Waals surface area contributed by atoms with Gasteiger partial charge in [-0.15, -0.1) is 0 Å². The number of nitrogens with two attached hydrogens (primary N) is 1. The average Bonchev–Trinajstić information content (AvgIpc) is 2.25. The van der Waals surface area contributed by atoms with Crippen molar-refractivity contribution in [1.82, 2.24) is 0 Å². The molecular weight excluding hydrogens is 219 g/mol. The lowest BCUT2D eigenvalue weighted by Gasteiger charge is -2.12. The van der Waals surface area contributed by atoms with Crippen molar-refractivity contribution in [1.29, 1.82) is 0 Å². The van der Waals surface area contributed by atoms with Crippen LogP contribution in [0.5, 0.6) is 0 Å². The van der Waals surface area contributed by atoms with E-state index >= 15 is 0 Å². The van der Waals surface area contributed by atoms with Crippen LogP contribution in [0, 0.1) is 17.5 Å². The first-order valence-corrected chi connectivity index (χ1v) is 5.07. The Kier molecular flexibility index (Phi) is 4.76. The van der Waals surface area contributed by atoms with Gasteiger partial charge in [0, 0.05) is 12.6 Å². The maximum atomic E-state index is 12.9. The topological polar surface area (TPSA) is 46.2 Å². The molecule has 0 heterocycles. The fourth-order valence-electron chi connectivity index (χ4n) is 1.43. The van der Waals surface area contributed by atoms with Crippen molar-refractivity contribution in [3.8, 4) is 0 Å². The van der Waals surface area contributed by atoms with Gasteiger partial charge in [-0.3, -0.25) is 0 Å². The standard InChI is InChI=1S/C11H14F3NO/c12-8-5-7(6-9(13)11(8)14)10(15)3-1-2-4-16/h5-6,10,16H,1-4,15H2/t10-/m0/s1. The third-order valence-electron chi connectivity index (χ3n) is 2.36. The SMILES string of the molecule is N[C@@H](CCCCO)c1cc(F)c(F)c(F)c1. The zero-order chi connectivity index (χ0) is 12.1. The average molecular weight is 233 g/mol. The van der Waals surface area contributed by atoms with Gasteiger partial charge >= 0.3 is 0 Å². The van der Waals surface area contributed by atoms with E-state index in [1.807, 2.05) is 0 Å². The van der Waals surface area contributed by atoms with Gasteiger partial charge in [0.2, 0.25) is 0 Å². The molecule has 0 spiro atoms. The molecule has 90 valence electrons. The summed E-state index contributed by atoms with van der Waals surface area (Å²) in [6, 6.07) is 1.26. The van der Waals surface area contributed by atoms with Crippen molar-refractivity contribution < 1.29 is 18.3 Å². The Morgan fingerprint density at radius 3 is 2.19 bits per heavy atom. The van der Waals surface area contributed by atoms with Crippen LogP contribution in [0.2, 0.25) is 0 Å². The van der Waals surface area contributed by atoms with Gasteiger partial charge in [-0.2, -0.15) is 0 Å². The van der Waals surface area contributed by atoms with Gasteiger partial charge in [0.25, 0.3) is 0 Å². The van der Waals surface area contributed by atoms with Crippen LogP contribution >= 0.6 is 0 Å². The summed E-state index contributed by atoms with van der Waals surface area (Å²) in [4.78, 5) is 0. The maximum absolute atomic E-state index is 12.9. The maximum Gasteiger partial charge on any atom is 0.194 e. The van der Waals surface area contributed by atoms with Gasteiger partial charge in [0.15, 0.2) is 17.5 Å². The van der Waals surface area contributed by atoms with E-state index in [1.165, 1.54) is 0 Å². The summed E-state index contributed by atoms with van der Waals surface area (Å²) in [5, 5.41) is 8.56. The molecule has 1 rings (SSSR count). The largest absolute Gasteiger partial charge is 0.396 e. The smallest absolute Gasteiger partial charge is 0.194 e. The normalized spacial score (nSPS) is 12.8. The third kappa shape index (κ3) is 3.21. The summed E-state index contributed by atoms with van der Waals surface area (Å²) >= 11 is 0. The third-order valence-corrected chi connectivity index (χ3v) is 2.36. The number of rotatable bonds is 5. The molecule has 0 aromatic heterocycles. The molecule has 1 atom stereocenters. The van der Waals surface area contributed by atoms with Crippen molar-refractivity contribution in [2.24, 2.45) is 5.73 Å². The Hall–Kier alpha value is -1.07. The minimum Gasteiger partial charge on any atom is -0.396 e. The van der Waals surface area contributed by atoms with Gasteiger partial charge in [0.1, 0.15) is 0 Å².